The van der Waals surface area contributed by atoms with Crippen LogP contribution < -0.4 is 0 Å². The number of rotatable bonds is 9. The van der Waals surface area contributed by atoms with E-state index in [0.717, 1.165) is 12.5 Å². The fourth-order valence-corrected chi connectivity index (χ4v) is 3.16. The molecule has 1 aliphatic rings. The molecule has 2 unspecified atom stereocenters. The molecule has 7 heteroatoms. The Hall–Kier alpha value is -1.47. The molecule has 0 aromatic rings. The van der Waals surface area contributed by atoms with Gasteiger partial charge in [0.2, 0.25) is 0 Å². The monoisotopic (exact) mass is 330 g/mol. The van der Waals surface area contributed by atoms with Crippen LogP contribution in [-0.4, -0.2) is 38.1 Å². The summed E-state index contributed by atoms with van der Waals surface area (Å²) in [7, 11) is -3.57. The van der Waals surface area contributed by atoms with E-state index in [0.29, 0.717) is 37.7 Å². The van der Waals surface area contributed by atoms with E-state index in [2.05, 4.69) is 0 Å². The topological polar surface area (TPSA) is 97.7 Å². The maximum Gasteiger partial charge on any atom is 0.303 e. The highest BCUT2D eigenvalue weighted by atomic mass is 32.2. The summed E-state index contributed by atoms with van der Waals surface area (Å²) in [5.74, 6) is -1.11. The zero-order valence-electron chi connectivity index (χ0n) is 12.6. The summed E-state index contributed by atoms with van der Waals surface area (Å²) in [5.41, 5.74) is 0.565. The van der Waals surface area contributed by atoms with Gasteiger partial charge in [0, 0.05) is 12.3 Å². The van der Waals surface area contributed by atoms with E-state index in [4.69, 9.17) is 9.29 Å². The van der Waals surface area contributed by atoms with Crippen molar-refractivity contribution in [1.82, 2.24) is 0 Å². The average molecular weight is 330 g/mol. The Morgan fingerprint density at radius 3 is 2.77 bits per heavy atom. The van der Waals surface area contributed by atoms with Crippen molar-refractivity contribution in [3.63, 3.8) is 0 Å². The lowest BCUT2D eigenvalue weighted by Crippen LogP contribution is -2.30. The molecule has 0 saturated heterocycles. The Bertz CT molecular complexity index is 546. The van der Waals surface area contributed by atoms with Crippen molar-refractivity contribution in [3.8, 4) is 0 Å². The number of hydrogen-bond donors (Lipinski definition) is 1. The summed E-state index contributed by atoms with van der Waals surface area (Å²) < 4.78 is 27.7. The van der Waals surface area contributed by atoms with Gasteiger partial charge in [-0.2, -0.15) is 8.42 Å². The number of carbonyl (C=O) groups is 2. The first-order valence-corrected chi connectivity index (χ1v) is 9.05. The molecule has 2 atom stereocenters. The second-order valence-electron chi connectivity index (χ2n) is 5.34. The van der Waals surface area contributed by atoms with Crippen LogP contribution in [0.4, 0.5) is 0 Å². The van der Waals surface area contributed by atoms with Crippen molar-refractivity contribution >= 4 is 22.4 Å². The third kappa shape index (κ3) is 7.00. The molecule has 0 saturated carbocycles. The largest absolute Gasteiger partial charge is 0.481 e. The number of aliphatic carboxylic acids is 1. The van der Waals surface area contributed by atoms with E-state index in [9.17, 15) is 18.0 Å². The second kappa shape index (κ2) is 8.85. The number of carboxylic acids is 1. The standard InChI is InChI=1S/C15H22O6S/c1-22(19,20)21-14-9-6-7-12(11-16)13(14)8-4-2-3-5-10-15(17)18/h2,4,7,11,13-14H,3,5-6,8-10H2,1H3,(H,17,18). The molecular formula is C15H22O6S. The molecule has 0 aromatic heterocycles. The van der Waals surface area contributed by atoms with Crippen LogP contribution in [0, 0.1) is 5.92 Å². The van der Waals surface area contributed by atoms with E-state index in [1.54, 1.807) is 0 Å². The van der Waals surface area contributed by atoms with Crippen LogP contribution in [0.15, 0.2) is 23.8 Å². The fourth-order valence-electron chi connectivity index (χ4n) is 2.48. The van der Waals surface area contributed by atoms with Crippen LogP contribution in [-0.2, 0) is 23.9 Å². The molecule has 22 heavy (non-hydrogen) atoms. The van der Waals surface area contributed by atoms with Crippen molar-refractivity contribution in [2.24, 2.45) is 5.92 Å². The minimum absolute atomic E-state index is 0.118. The molecule has 0 radical (unpaired) electrons. The molecule has 6 nitrogen and oxygen atoms in total. The van der Waals surface area contributed by atoms with Crippen molar-refractivity contribution in [2.75, 3.05) is 6.26 Å². The first kappa shape index (κ1) is 18.6. The normalized spacial score (nSPS) is 22.5. The molecule has 0 spiro atoms. The predicted molar refractivity (Wildman–Crippen MR) is 81.8 cm³/mol. The number of unbranched alkanes of at least 4 members (excludes halogenated alkanes) is 1. The zero-order chi connectivity index (χ0) is 16.6. The van der Waals surface area contributed by atoms with E-state index >= 15 is 0 Å². The summed E-state index contributed by atoms with van der Waals surface area (Å²) in [6.07, 6.45) is 9.74. The van der Waals surface area contributed by atoms with Crippen molar-refractivity contribution < 1.29 is 27.3 Å². The summed E-state index contributed by atoms with van der Waals surface area (Å²) in [6, 6.07) is 0. The average Bonchev–Trinajstić information content (AvgIpc) is 2.41. The van der Waals surface area contributed by atoms with E-state index in [1.165, 1.54) is 0 Å². The zero-order valence-corrected chi connectivity index (χ0v) is 13.4. The van der Waals surface area contributed by atoms with Gasteiger partial charge in [-0.3, -0.25) is 13.8 Å². The van der Waals surface area contributed by atoms with Gasteiger partial charge in [-0.15, -0.1) is 0 Å². The van der Waals surface area contributed by atoms with E-state index in [-0.39, 0.29) is 12.3 Å². The highest BCUT2D eigenvalue weighted by Crippen LogP contribution is 2.30. The number of allylic oxidation sites excluding steroid dienone is 3. The Kier molecular flexibility index (Phi) is 7.47. The van der Waals surface area contributed by atoms with E-state index < -0.39 is 22.2 Å². The number of hydrogen-bond acceptors (Lipinski definition) is 5. The molecule has 1 rings (SSSR count). The summed E-state index contributed by atoms with van der Waals surface area (Å²) in [6.45, 7) is 0. The third-order valence-corrected chi connectivity index (χ3v) is 4.06. The number of carboxylic acid groups (broad SMARTS) is 1. The molecule has 0 aromatic carbocycles. The molecule has 0 fully saturated rings. The van der Waals surface area contributed by atoms with Gasteiger partial charge in [0.1, 0.15) is 6.29 Å². The third-order valence-electron chi connectivity index (χ3n) is 3.46. The molecule has 1 aliphatic carbocycles. The van der Waals surface area contributed by atoms with Crippen LogP contribution in [0.3, 0.4) is 0 Å². The lowest BCUT2D eigenvalue weighted by atomic mass is 9.83. The minimum atomic E-state index is -3.57. The molecule has 0 aliphatic heterocycles. The molecule has 1 N–H and O–H groups in total. The SMILES string of the molecule is CS(=O)(=O)OC1CCC=C(C=O)C1CC=CCCCC(=O)O. The molecule has 0 amide bonds. The van der Waals surface area contributed by atoms with Gasteiger partial charge in [-0.25, -0.2) is 0 Å². The van der Waals surface area contributed by atoms with Crippen LogP contribution in [0.1, 0.15) is 38.5 Å². The first-order chi connectivity index (χ1) is 10.3. The quantitative estimate of drug-likeness (QED) is 0.301. The van der Waals surface area contributed by atoms with Crippen LogP contribution >= 0.6 is 0 Å². The lowest BCUT2D eigenvalue weighted by Gasteiger charge is -2.28. The van der Waals surface area contributed by atoms with Crippen molar-refractivity contribution in [2.45, 2.75) is 44.6 Å². The van der Waals surface area contributed by atoms with Gasteiger partial charge in [0.25, 0.3) is 10.1 Å². The summed E-state index contributed by atoms with van der Waals surface area (Å²) in [5, 5.41) is 8.54. The minimum Gasteiger partial charge on any atom is -0.481 e. The summed E-state index contributed by atoms with van der Waals surface area (Å²) >= 11 is 0. The molecule has 0 heterocycles. The van der Waals surface area contributed by atoms with Crippen molar-refractivity contribution in [1.29, 1.82) is 0 Å². The van der Waals surface area contributed by atoms with Gasteiger partial charge in [-0.05, 0) is 37.7 Å². The van der Waals surface area contributed by atoms with Gasteiger partial charge >= 0.3 is 5.97 Å². The smallest absolute Gasteiger partial charge is 0.303 e. The molecular weight excluding hydrogens is 308 g/mol. The molecule has 0 bridgehead atoms. The van der Waals surface area contributed by atoms with Gasteiger partial charge in [-0.1, -0.05) is 18.2 Å². The molecule has 124 valence electrons. The van der Waals surface area contributed by atoms with Crippen molar-refractivity contribution in [3.05, 3.63) is 23.8 Å². The first-order valence-electron chi connectivity index (χ1n) is 7.23. The highest BCUT2D eigenvalue weighted by molar-refractivity contribution is 7.86. The Morgan fingerprint density at radius 1 is 1.45 bits per heavy atom. The van der Waals surface area contributed by atoms with Crippen LogP contribution in [0.25, 0.3) is 0 Å². The van der Waals surface area contributed by atoms with Gasteiger partial charge < -0.3 is 5.11 Å². The highest BCUT2D eigenvalue weighted by Gasteiger charge is 2.30. The second-order valence-corrected chi connectivity index (χ2v) is 6.94. The maximum absolute atomic E-state index is 11.3. The Labute approximate surface area is 131 Å². The Morgan fingerprint density at radius 2 is 2.18 bits per heavy atom. The predicted octanol–water partition coefficient (Wildman–Crippen LogP) is 2.07. The Balaban J connectivity index is 2.61. The van der Waals surface area contributed by atoms with E-state index in [1.807, 2.05) is 18.2 Å². The van der Waals surface area contributed by atoms with Crippen LogP contribution in [0.2, 0.25) is 0 Å². The van der Waals surface area contributed by atoms with Gasteiger partial charge in [0.05, 0.1) is 12.4 Å². The van der Waals surface area contributed by atoms with Gasteiger partial charge in [0.15, 0.2) is 0 Å². The summed E-state index contributed by atoms with van der Waals surface area (Å²) in [4.78, 5) is 21.5. The van der Waals surface area contributed by atoms with Crippen LogP contribution in [0.5, 0.6) is 0 Å². The fraction of sp³-hybridized carbons (Fsp3) is 0.600. The lowest BCUT2D eigenvalue weighted by molar-refractivity contribution is -0.137. The number of carbonyl (C=O) groups excluding carboxylic acids is 1. The maximum atomic E-state index is 11.3. The number of aldehydes is 1.